The number of halogens is 4. The highest BCUT2D eigenvalue weighted by Crippen LogP contribution is 2.28. The molecule has 20 heavy (non-hydrogen) atoms. The van der Waals surface area contributed by atoms with Gasteiger partial charge in [-0.2, -0.15) is 0 Å². The van der Waals surface area contributed by atoms with Gasteiger partial charge in [-0.15, -0.1) is 0 Å². The SMILES string of the molecule is CCNC(c1ccc(F)c(Cl)c1)c1ccc(F)c(Br)c1. The number of rotatable bonds is 4. The number of hydrogen-bond donors (Lipinski definition) is 1. The molecule has 1 N–H and O–H groups in total. The second-order valence-corrected chi connectivity index (χ2v) is 5.60. The van der Waals surface area contributed by atoms with Gasteiger partial charge in [-0.3, -0.25) is 0 Å². The van der Waals surface area contributed by atoms with Crippen LogP contribution in [0, 0.1) is 11.6 Å². The summed E-state index contributed by atoms with van der Waals surface area (Å²) >= 11 is 9.01. The lowest BCUT2D eigenvalue weighted by Crippen LogP contribution is -2.22. The van der Waals surface area contributed by atoms with Gasteiger partial charge in [-0.05, 0) is 57.9 Å². The first-order valence-corrected chi connectivity index (χ1v) is 7.33. The molecule has 106 valence electrons. The van der Waals surface area contributed by atoms with Gasteiger partial charge in [-0.25, -0.2) is 8.78 Å². The highest BCUT2D eigenvalue weighted by Gasteiger charge is 2.15. The van der Waals surface area contributed by atoms with Crippen LogP contribution in [0.4, 0.5) is 8.78 Å². The second kappa shape index (κ2) is 6.66. The van der Waals surface area contributed by atoms with Crippen molar-refractivity contribution in [3.63, 3.8) is 0 Å². The summed E-state index contributed by atoms with van der Waals surface area (Å²) in [6.45, 7) is 2.69. The lowest BCUT2D eigenvalue weighted by atomic mass is 9.98. The van der Waals surface area contributed by atoms with E-state index in [1.807, 2.05) is 6.92 Å². The third-order valence-corrected chi connectivity index (χ3v) is 3.86. The van der Waals surface area contributed by atoms with Crippen LogP contribution in [-0.4, -0.2) is 6.54 Å². The van der Waals surface area contributed by atoms with Crippen LogP contribution in [-0.2, 0) is 0 Å². The largest absolute Gasteiger partial charge is 0.307 e. The summed E-state index contributed by atoms with van der Waals surface area (Å²) in [4.78, 5) is 0. The predicted octanol–water partition coefficient (Wildman–Crippen LogP) is 5.08. The van der Waals surface area contributed by atoms with E-state index in [9.17, 15) is 8.78 Å². The summed E-state index contributed by atoms with van der Waals surface area (Å²) in [6.07, 6.45) is 0. The fourth-order valence-electron chi connectivity index (χ4n) is 2.02. The first-order chi connectivity index (χ1) is 9.52. The van der Waals surface area contributed by atoms with Crippen molar-refractivity contribution >= 4 is 27.5 Å². The molecule has 1 atom stereocenters. The quantitative estimate of drug-likeness (QED) is 0.802. The van der Waals surface area contributed by atoms with Gasteiger partial charge in [0.25, 0.3) is 0 Å². The molecule has 0 saturated heterocycles. The molecule has 2 aromatic carbocycles. The second-order valence-electron chi connectivity index (χ2n) is 4.34. The topological polar surface area (TPSA) is 12.0 Å². The Kier molecular flexibility index (Phi) is 5.13. The Labute approximate surface area is 130 Å². The van der Waals surface area contributed by atoms with Crippen molar-refractivity contribution in [1.29, 1.82) is 0 Å². The van der Waals surface area contributed by atoms with Crippen molar-refractivity contribution in [2.75, 3.05) is 6.54 Å². The lowest BCUT2D eigenvalue weighted by molar-refractivity contribution is 0.604. The van der Waals surface area contributed by atoms with Crippen LogP contribution < -0.4 is 5.32 Å². The van der Waals surface area contributed by atoms with E-state index in [4.69, 9.17) is 11.6 Å². The van der Waals surface area contributed by atoms with Gasteiger partial charge in [0.05, 0.1) is 15.5 Å². The third kappa shape index (κ3) is 3.37. The summed E-state index contributed by atoms with van der Waals surface area (Å²) < 4.78 is 27.0. The van der Waals surface area contributed by atoms with Crippen molar-refractivity contribution in [3.05, 3.63) is 68.7 Å². The van der Waals surface area contributed by atoms with Crippen LogP contribution in [0.3, 0.4) is 0 Å². The van der Waals surface area contributed by atoms with Gasteiger partial charge in [0.2, 0.25) is 0 Å². The van der Waals surface area contributed by atoms with Crippen molar-refractivity contribution in [2.45, 2.75) is 13.0 Å². The van der Waals surface area contributed by atoms with Gasteiger partial charge in [0.1, 0.15) is 11.6 Å². The molecule has 0 spiro atoms. The molecule has 1 unspecified atom stereocenters. The minimum absolute atomic E-state index is 0.0755. The van der Waals surface area contributed by atoms with Crippen molar-refractivity contribution in [1.82, 2.24) is 5.32 Å². The summed E-state index contributed by atoms with van der Waals surface area (Å²) in [5.41, 5.74) is 1.71. The van der Waals surface area contributed by atoms with E-state index in [1.54, 1.807) is 24.3 Å². The zero-order chi connectivity index (χ0) is 14.7. The van der Waals surface area contributed by atoms with Crippen LogP contribution in [0.2, 0.25) is 5.02 Å². The molecule has 0 fully saturated rings. The summed E-state index contributed by atoms with van der Waals surface area (Å²) in [5.74, 6) is -0.771. The van der Waals surface area contributed by atoms with E-state index in [-0.39, 0.29) is 16.9 Å². The third-order valence-electron chi connectivity index (χ3n) is 2.96. The van der Waals surface area contributed by atoms with E-state index in [0.29, 0.717) is 11.0 Å². The maximum Gasteiger partial charge on any atom is 0.141 e. The fraction of sp³-hybridized carbons (Fsp3) is 0.200. The molecule has 0 aromatic heterocycles. The summed E-state index contributed by atoms with van der Waals surface area (Å²) in [7, 11) is 0. The zero-order valence-corrected chi connectivity index (χ0v) is 13.1. The van der Waals surface area contributed by atoms with Gasteiger partial charge in [0, 0.05) is 0 Å². The summed E-state index contributed by atoms with van der Waals surface area (Å²) in [6, 6.07) is 9.22. The molecule has 0 radical (unpaired) electrons. The van der Waals surface area contributed by atoms with Gasteiger partial charge < -0.3 is 5.32 Å². The van der Waals surface area contributed by atoms with E-state index in [2.05, 4.69) is 21.2 Å². The fourth-order valence-corrected chi connectivity index (χ4v) is 2.60. The van der Waals surface area contributed by atoms with E-state index < -0.39 is 5.82 Å². The Bertz CT molecular complexity index is 567. The zero-order valence-electron chi connectivity index (χ0n) is 10.8. The van der Waals surface area contributed by atoms with Crippen LogP contribution in [0.25, 0.3) is 0 Å². The average Bonchev–Trinajstić information content (AvgIpc) is 2.43. The molecule has 0 aliphatic rings. The molecule has 0 amide bonds. The molecule has 5 heteroatoms. The normalized spacial score (nSPS) is 12.4. The first-order valence-electron chi connectivity index (χ1n) is 6.16. The molecular formula is C15H13BrClF2N. The molecule has 1 nitrogen and oxygen atoms in total. The Morgan fingerprint density at radius 2 is 1.70 bits per heavy atom. The lowest BCUT2D eigenvalue weighted by Gasteiger charge is -2.19. The monoisotopic (exact) mass is 359 g/mol. The Morgan fingerprint density at radius 1 is 1.10 bits per heavy atom. The first kappa shape index (κ1) is 15.4. The molecule has 0 heterocycles. The molecule has 2 rings (SSSR count). The van der Waals surface area contributed by atoms with Crippen molar-refractivity contribution in [2.24, 2.45) is 0 Å². The standard InChI is InChI=1S/C15H13BrClF2N/c1-2-20-15(9-3-5-13(18)11(16)7-9)10-4-6-14(19)12(17)8-10/h3-8,15,20H,2H2,1H3. The predicted molar refractivity (Wildman–Crippen MR) is 81.0 cm³/mol. The minimum Gasteiger partial charge on any atom is -0.307 e. The van der Waals surface area contributed by atoms with Gasteiger partial charge in [-0.1, -0.05) is 30.7 Å². The highest BCUT2D eigenvalue weighted by molar-refractivity contribution is 9.10. The summed E-state index contributed by atoms with van der Waals surface area (Å²) in [5, 5.41) is 3.36. The number of hydrogen-bond acceptors (Lipinski definition) is 1. The average molecular weight is 361 g/mol. The highest BCUT2D eigenvalue weighted by atomic mass is 79.9. The Balaban J connectivity index is 2.44. The molecule has 0 saturated carbocycles. The van der Waals surface area contributed by atoms with Gasteiger partial charge in [0.15, 0.2) is 0 Å². The number of benzene rings is 2. The Hall–Kier alpha value is -0.970. The van der Waals surface area contributed by atoms with Gasteiger partial charge >= 0.3 is 0 Å². The van der Waals surface area contributed by atoms with Crippen molar-refractivity contribution in [3.8, 4) is 0 Å². The molecule has 0 bridgehead atoms. The molecular weight excluding hydrogens is 348 g/mol. The molecule has 0 aliphatic heterocycles. The van der Waals surface area contributed by atoms with Crippen LogP contribution in [0.1, 0.15) is 24.1 Å². The molecule has 2 aromatic rings. The van der Waals surface area contributed by atoms with Crippen LogP contribution in [0.15, 0.2) is 40.9 Å². The van der Waals surface area contributed by atoms with Crippen LogP contribution >= 0.6 is 27.5 Å². The van der Waals surface area contributed by atoms with E-state index in [1.165, 1.54) is 12.1 Å². The van der Waals surface area contributed by atoms with E-state index >= 15 is 0 Å². The van der Waals surface area contributed by atoms with Crippen LogP contribution in [0.5, 0.6) is 0 Å². The maximum absolute atomic E-state index is 13.3. The Morgan fingerprint density at radius 3 is 2.25 bits per heavy atom. The minimum atomic E-state index is -0.453. The smallest absolute Gasteiger partial charge is 0.141 e. The van der Waals surface area contributed by atoms with Crippen molar-refractivity contribution < 1.29 is 8.78 Å². The molecule has 0 aliphatic carbocycles. The maximum atomic E-state index is 13.3. The van der Waals surface area contributed by atoms with E-state index in [0.717, 1.165) is 11.1 Å². The number of nitrogens with one attached hydrogen (secondary N) is 1.